The van der Waals surface area contributed by atoms with Crippen molar-refractivity contribution >= 4 is 11.8 Å². The van der Waals surface area contributed by atoms with Gasteiger partial charge in [0.15, 0.2) is 0 Å². The average Bonchev–Trinajstić information content (AvgIpc) is 3.06. The number of benzene rings is 1. The molecule has 0 spiro atoms. The van der Waals surface area contributed by atoms with E-state index in [1.165, 1.54) is 30.6 Å². The van der Waals surface area contributed by atoms with Crippen molar-refractivity contribution in [3.05, 3.63) is 65.2 Å². The molecule has 1 aliphatic rings. The molecule has 0 saturated carbocycles. The summed E-state index contributed by atoms with van der Waals surface area (Å²) in [4.78, 5) is 29.6. The molecule has 30 heavy (non-hydrogen) atoms. The summed E-state index contributed by atoms with van der Waals surface area (Å²) >= 11 is 0. The van der Waals surface area contributed by atoms with Crippen molar-refractivity contribution in [3.63, 3.8) is 0 Å². The maximum absolute atomic E-state index is 13.5. The lowest BCUT2D eigenvalue weighted by molar-refractivity contribution is -0.131. The molecule has 3 rings (SSSR count). The molecule has 0 bridgehead atoms. The van der Waals surface area contributed by atoms with Gasteiger partial charge in [-0.1, -0.05) is 12.1 Å². The van der Waals surface area contributed by atoms with Gasteiger partial charge in [0, 0.05) is 24.4 Å². The number of nitriles is 1. The van der Waals surface area contributed by atoms with Gasteiger partial charge < -0.3 is 10.2 Å². The molecule has 1 atom stereocenters. The number of amides is 2. The van der Waals surface area contributed by atoms with Gasteiger partial charge in [-0.05, 0) is 42.2 Å². The molecule has 1 aromatic heterocycles. The molecule has 2 amide bonds. The Morgan fingerprint density at radius 1 is 1.23 bits per heavy atom. The molecule has 2 aromatic rings. The molecule has 9 heteroatoms. The van der Waals surface area contributed by atoms with Gasteiger partial charge in [-0.25, -0.2) is 13.2 Å². The summed E-state index contributed by atoms with van der Waals surface area (Å²) in [5, 5.41) is 11.4. The normalized spacial score (nSPS) is 17.4. The fraction of sp³-hybridized carbons (Fsp3) is 0.333. The number of carbonyl (C=O) groups is 2. The van der Waals surface area contributed by atoms with E-state index in [0.29, 0.717) is 24.0 Å². The van der Waals surface area contributed by atoms with E-state index in [-0.39, 0.29) is 5.82 Å². The first-order chi connectivity index (χ1) is 14.3. The van der Waals surface area contributed by atoms with E-state index in [2.05, 4.69) is 10.3 Å². The van der Waals surface area contributed by atoms with Crippen molar-refractivity contribution in [1.82, 2.24) is 15.2 Å². The third-order valence-corrected chi connectivity index (χ3v) is 4.88. The number of carbonyl (C=O) groups excluding carboxylic acids is 2. The van der Waals surface area contributed by atoms with Gasteiger partial charge >= 0.3 is 0 Å². The lowest BCUT2D eigenvalue weighted by atomic mass is 10.0. The Hall–Kier alpha value is -3.41. The van der Waals surface area contributed by atoms with Crippen LogP contribution in [0, 0.1) is 17.1 Å². The lowest BCUT2D eigenvalue weighted by Crippen LogP contribution is -2.43. The Balaban J connectivity index is 1.61. The van der Waals surface area contributed by atoms with Gasteiger partial charge in [0.05, 0.1) is 19.2 Å². The molecule has 0 aliphatic carbocycles. The van der Waals surface area contributed by atoms with E-state index in [0.717, 1.165) is 10.5 Å². The Morgan fingerprint density at radius 3 is 2.67 bits per heavy atom. The quantitative estimate of drug-likeness (QED) is 0.784. The highest BCUT2D eigenvalue weighted by molar-refractivity contribution is 5.97. The van der Waals surface area contributed by atoms with Gasteiger partial charge in [-0.3, -0.25) is 14.6 Å². The van der Waals surface area contributed by atoms with Gasteiger partial charge in [-0.15, -0.1) is 0 Å². The van der Waals surface area contributed by atoms with Gasteiger partial charge in [-0.2, -0.15) is 5.26 Å². The average molecular weight is 416 g/mol. The molecule has 1 fully saturated rings. The van der Waals surface area contributed by atoms with Crippen LogP contribution < -0.4 is 5.32 Å². The number of pyridine rings is 1. The summed E-state index contributed by atoms with van der Waals surface area (Å²) < 4.78 is 40.0. The largest absolute Gasteiger partial charge is 0.343 e. The SMILES string of the molecule is N#C[C@@H]1CC(F)(F)CN1C(=O)CNC(=O)c1ccncc1CCc1ccc(F)cc1. The van der Waals surface area contributed by atoms with Crippen LogP contribution in [0.3, 0.4) is 0 Å². The van der Waals surface area contributed by atoms with E-state index < -0.39 is 43.3 Å². The van der Waals surface area contributed by atoms with E-state index in [1.807, 2.05) is 0 Å². The maximum Gasteiger partial charge on any atom is 0.268 e. The van der Waals surface area contributed by atoms with E-state index in [9.17, 15) is 22.8 Å². The van der Waals surface area contributed by atoms with E-state index in [1.54, 1.807) is 18.2 Å². The zero-order valence-electron chi connectivity index (χ0n) is 15.9. The van der Waals surface area contributed by atoms with Crippen molar-refractivity contribution in [2.75, 3.05) is 13.1 Å². The minimum atomic E-state index is -3.11. The summed E-state index contributed by atoms with van der Waals surface area (Å²) in [6, 6.07) is 8.01. The summed E-state index contributed by atoms with van der Waals surface area (Å²) in [7, 11) is 0. The first-order valence-corrected chi connectivity index (χ1v) is 9.31. The molecule has 1 N–H and O–H groups in total. The third kappa shape index (κ3) is 5.14. The number of nitrogens with one attached hydrogen (secondary N) is 1. The zero-order chi connectivity index (χ0) is 21.7. The topological polar surface area (TPSA) is 86.1 Å². The molecule has 0 radical (unpaired) electrons. The van der Waals surface area contributed by atoms with Crippen molar-refractivity contribution in [1.29, 1.82) is 5.26 Å². The number of halogens is 3. The predicted octanol–water partition coefficient (Wildman–Crippen LogP) is 2.50. The summed E-state index contributed by atoms with van der Waals surface area (Å²) in [5.74, 6) is -4.73. The Labute approximate surface area is 171 Å². The van der Waals surface area contributed by atoms with Crippen LogP contribution in [0.4, 0.5) is 13.2 Å². The zero-order valence-corrected chi connectivity index (χ0v) is 15.9. The second-order valence-electron chi connectivity index (χ2n) is 7.07. The van der Waals surface area contributed by atoms with Crippen molar-refractivity contribution in [3.8, 4) is 6.07 Å². The molecule has 0 unspecified atom stereocenters. The number of aromatic nitrogens is 1. The third-order valence-electron chi connectivity index (χ3n) is 4.88. The minimum absolute atomic E-state index is 0.309. The first kappa shape index (κ1) is 21.3. The summed E-state index contributed by atoms with van der Waals surface area (Å²) in [5.41, 5.74) is 1.83. The molecule has 2 heterocycles. The smallest absolute Gasteiger partial charge is 0.268 e. The van der Waals surface area contributed by atoms with Gasteiger partial charge in [0.1, 0.15) is 11.9 Å². The van der Waals surface area contributed by atoms with Crippen LogP contribution in [-0.2, 0) is 17.6 Å². The van der Waals surface area contributed by atoms with Crippen LogP contribution in [0.15, 0.2) is 42.7 Å². The Morgan fingerprint density at radius 2 is 1.97 bits per heavy atom. The summed E-state index contributed by atoms with van der Waals surface area (Å²) in [6.45, 7) is -1.33. The standard InChI is InChI=1S/C21H19F3N4O2/c22-16-5-2-14(3-6-16)1-4-15-11-26-8-7-18(15)20(30)27-12-19(29)28-13-21(23,24)9-17(28)10-25/h2-3,5-8,11,17H,1,4,9,12-13H2,(H,27,30)/t17-/m0/s1. The van der Waals surface area contributed by atoms with Crippen LogP contribution in [-0.4, -0.2) is 46.8 Å². The number of likely N-dealkylation sites (tertiary alicyclic amines) is 1. The van der Waals surface area contributed by atoms with Crippen molar-refractivity contribution in [2.45, 2.75) is 31.2 Å². The highest BCUT2D eigenvalue weighted by Gasteiger charge is 2.47. The summed E-state index contributed by atoms with van der Waals surface area (Å²) in [6.07, 6.45) is 3.28. The predicted molar refractivity (Wildman–Crippen MR) is 101 cm³/mol. The number of alkyl halides is 2. The van der Waals surface area contributed by atoms with Crippen LogP contribution in [0.2, 0.25) is 0 Å². The number of hydrogen-bond acceptors (Lipinski definition) is 4. The second-order valence-corrected chi connectivity index (χ2v) is 7.07. The molecule has 156 valence electrons. The Bertz CT molecular complexity index is 973. The van der Waals surface area contributed by atoms with Crippen LogP contribution in [0.1, 0.15) is 27.9 Å². The fourth-order valence-corrected chi connectivity index (χ4v) is 3.32. The van der Waals surface area contributed by atoms with E-state index >= 15 is 0 Å². The molecule has 1 saturated heterocycles. The van der Waals surface area contributed by atoms with Crippen LogP contribution >= 0.6 is 0 Å². The second kappa shape index (κ2) is 8.95. The van der Waals surface area contributed by atoms with Gasteiger partial charge in [0.25, 0.3) is 11.8 Å². The van der Waals surface area contributed by atoms with Crippen molar-refractivity contribution < 1.29 is 22.8 Å². The van der Waals surface area contributed by atoms with Crippen LogP contribution in [0.25, 0.3) is 0 Å². The van der Waals surface area contributed by atoms with Gasteiger partial charge in [0.2, 0.25) is 5.91 Å². The Kier molecular flexibility index (Phi) is 6.35. The van der Waals surface area contributed by atoms with E-state index in [4.69, 9.17) is 5.26 Å². The monoisotopic (exact) mass is 416 g/mol. The highest BCUT2D eigenvalue weighted by Crippen LogP contribution is 2.31. The fourth-order valence-electron chi connectivity index (χ4n) is 3.32. The molecule has 1 aliphatic heterocycles. The first-order valence-electron chi connectivity index (χ1n) is 9.31. The molecular formula is C21H19F3N4O2. The lowest BCUT2D eigenvalue weighted by Gasteiger charge is -2.19. The molecular weight excluding hydrogens is 397 g/mol. The van der Waals surface area contributed by atoms with Crippen molar-refractivity contribution in [2.24, 2.45) is 0 Å². The molecule has 6 nitrogen and oxygen atoms in total. The maximum atomic E-state index is 13.5. The number of rotatable bonds is 6. The highest BCUT2D eigenvalue weighted by atomic mass is 19.3. The molecule has 1 aromatic carbocycles. The number of aryl methyl sites for hydroxylation is 2. The number of nitrogens with zero attached hydrogens (tertiary/aromatic N) is 3. The number of hydrogen-bond donors (Lipinski definition) is 1. The minimum Gasteiger partial charge on any atom is -0.343 e. The van der Waals surface area contributed by atoms with Crippen LogP contribution in [0.5, 0.6) is 0 Å².